The maximum absolute atomic E-state index is 12.5. The molecule has 0 unspecified atom stereocenters. The third-order valence-corrected chi connectivity index (χ3v) is 5.20. The molecule has 1 amide bonds. The van der Waals surface area contributed by atoms with Crippen LogP contribution in [-0.2, 0) is 4.79 Å². The number of benzene rings is 1. The Morgan fingerprint density at radius 2 is 1.83 bits per heavy atom. The molecule has 0 atom stereocenters. The van der Waals surface area contributed by atoms with E-state index in [2.05, 4.69) is 10.2 Å². The summed E-state index contributed by atoms with van der Waals surface area (Å²) in [6.45, 7) is 4.90. The van der Waals surface area contributed by atoms with Crippen LogP contribution in [0.1, 0.15) is 47.2 Å². The number of hydrogen-bond acceptors (Lipinski definition) is 3. The molecule has 0 bridgehead atoms. The van der Waals surface area contributed by atoms with E-state index in [1.165, 1.54) is 12.8 Å². The fourth-order valence-electron chi connectivity index (χ4n) is 3.58. The maximum atomic E-state index is 12.5. The van der Waals surface area contributed by atoms with Crippen LogP contribution in [-0.4, -0.2) is 47.1 Å². The molecule has 5 nitrogen and oxygen atoms in total. The lowest BCUT2D eigenvalue weighted by Gasteiger charge is -2.42. The number of aliphatic carboxylic acids is 1. The Bertz CT molecular complexity index is 613. The van der Waals surface area contributed by atoms with Crippen LogP contribution in [0.2, 0.25) is 0 Å². The Balaban J connectivity index is 1.53. The summed E-state index contributed by atoms with van der Waals surface area (Å²) in [5, 5.41) is 12.2. The van der Waals surface area contributed by atoms with Crippen molar-refractivity contribution < 1.29 is 14.7 Å². The van der Waals surface area contributed by atoms with Crippen LogP contribution in [0.5, 0.6) is 0 Å². The van der Waals surface area contributed by atoms with Gasteiger partial charge in [-0.2, -0.15) is 0 Å². The summed E-state index contributed by atoms with van der Waals surface area (Å²) in [5.41, 5.74) is 2.75. The summed E-state index contributed by atoms with van der Waals surface area (Å²) in [6, 6.07) is 6.30. The van der Waals surface area contributed by atoms with Crippen molar-refractivity contribution in [2.24, 2.45) is 5.92 Å². The first-order chi connectivity index (χ1) is 11.4. The monoisotopic (exact) mass is 330 g/mol. The summed E-state index contributed by atoms with van der Waals surface area (Å²) in [7, 11) is 0. The van der Waals surface area contributed by atoms with Gasteiger partial charge in [-0.3, -0.25) is 14.5 Å². The van der Waals surface area contributed by atoms with Gasteiger partial charge in [-0.15, -0.1) is 0 Å². The number of carbonyl (C=O) groups is 2. The van der Waals surface area contributed by atoms with E-state index in [0.717, 1.165) is 36.1 Å². The van der Waals surface area contributed by atoms with Gasteiger partial charge in [0, 0.05) is 24.2 Å². The van der Waals surface area contributed by atoms with E-state index in [4.69, 9.17) is 5.11 Å². The molecule has 2 fully saturated rings. The number of nitrogens with zero attached hydrogens (tertiary/aromatic N) is 1. The minimum atomic E-state index is -0.765. The lowest BCUT2D eigenvalue weighted by Crippen LogP contribution is -2.55. The SMILES string of the molecule is Cc1cccc(C)c1C(=O)NC1CC(N(CC(=O)O)CC2CC2)C1. The summed E-state index contributed by atoms with van der Waals surface area (Å²) in [4.78, 5) is 25.7. The minimum absolute atomic E-state index is 0.0129. The van der Waals surface area contributed by atoms with E-state index in [9.17, 15) is 9.59 Å². The average molecular weight is 330 g/mol. The molecule has 2 N–H and O–H groups in total. The van der Waals surface area contributed by atoms with Gasteiger partial charge >= 0.3 is 5.97 Å². The van der Waals surface area contributed by atoms with Crippen LogP contribution >= 0.6 is 0 Å². The van der Waals surface area contributed by atoms with Crippen molar-refractivity contribution in [2.75, 3.05) is 13.1 Å². The number of carboxylic acid groups (broad SMARTS) is 1. The first-order valence-corrected chi connectivity index (χ1v) is 8.77. The van der Waals surface area contributed by atoms with E-state index in [1.807, 2.05) is 32.0 Å². The van der Waals surface area contributed by atoms with E-state index in [-0.39, 0.29) is 24.5 Å². The summed E-state index contributed by atoms with van der Waals surface area (Å²) < 4.78 is 0. The zero-order valence-corrected chi connectivity index (χ0v) is 14.4. The van der Waals surface area contributed by atoms with Gasteiger partial charge in [0.05, 0.1) is 6.54 Å². The Hall–Kier alpha value is -1.88. The Kier molecular flexibility index (Phi) is 4.90. The largest absolute Gasteiger partial charge is 0.480 e. The topological polar surface area (TPSA) is 69.6 Å². The second-order valence-corrected chi connectivity index (χ2v) is 7.33. The molecule has 0 saturated heterocycles. The molecule has 1 aromatic carbocycles. The highest BCUT2D eigenvalue weighted by molar-refractivity contribution is 5.97. The van der Waals surface area contributed by atoms with Crippen molar-refractivity contribution in [1.29, 1.82) is 0 Å². The van der Waals surface area contributed by atoms with Crippen LogP contribution in [0.15, 0.2) is 18.2 Å². The molecule has 5 heteroatoms. The Labute approximate surface area is 143 Å². The van der Waals surface area contributed by atoms with Gasteiger partial charge in [0.25, 0.3) is 5.91 Å². The van der Waals surface area contributed by atoms with Crippen LogP contribution in [0.4, 0.5) is 0 Å². The molecular weight excluding hydrogens is 304 g/mol. The first kappa shape index (κ1) is 17.0. The molecule has 0 aromatic heterocycles. The van der Waals surface area contributed by atoms with Crippen molar-refractivity contribution in [1.82, 2.24) is 10.2 Å². The smallest absolute Gasteiger partial charge is 0.317 e. The maximum Gasteiger partial charge on any atom is 0.317 e. The third kappa shape index (κ3) is 3.96. The zero-order valence-electron chi connectivity index (χ0n) is 14.4. The number of aryl methyl sites for hydroxylation is 2. The zero-order chi connectivity index (χ0) is 17.3. The third-order valence-electron chi connectivity index (χ3n) is 5.20. The van der Waals surface area contributed by atoms with Crippen molar-refractivity contribution in [3.8, 4) is 0 Å². The molecule has 3 rings (SSSR count). The first-order valence-electron chi connectivity index (χ1n) is 8.77. The van der Waals surface area contributed by atoms with Crippen molar-refractivity contribution >= 4 is 11.9 Å². The molecule has 2 aliphatic carbocycles. The summed E-state index contributed by atoms with van der Waals surface area (Å²) in [6.07, 6.45) is 4.12. The van der Waals surface area contributed by atoms with Crippen molar-refractivity contribution in [2.45, 2.75) is 51.6 Å². The molecular formula is C19H26N2O3. The number of carbonyl (C=O) groups excluding carboxylic acids is 1. The Morgan fingerprint density at radius 1 is 1.21 bits per heavy atom. The number of amides is 1. The second kappa shape index (κ2) is 6.93. The molecule has 0 heterocycles. The summed E-state index contributed by atoms with van der Waals surface area (Å²) >= 11 is 0. The van der Waals surface area contributed by atoms with E-state index >= 15 is 0 Å². The van der Waals surface area contributed by atoms with E-state index < -0.39 is 5.97 Å². The number of nitrogens with one attached hydrogen (secondary N) is 1. The highest BCUT2D eigenvalue weighted by atomic mass is 16.4. The molecule has 2 saturated carbocycles. The van der Waals surface area contributed by atoms with Gasteiger partial charge in [0.1, 0.15) is 0 Å². The summed E-state index contributed by atoms with van der Waals surface area (Å²) in [5.74, 6) is -0.104. The molecule has 24 heavy (non-hydrogen) atoms. The second-order valence-electron chi connectivity index (χ2n) is 7.33. The predicted octanol–water partition coefficient (Wildman–Crippen LogP) is 2.36. The normalized spacial score (nSPS) is 23.0. The Morgan fingerprint density at radius 3 is 2.38 bits per heavy atom. The molecule has 130 valence electrons. The fourth-order valence-corrected chi connectivity index (χ4v) is 3.58. The standard InChI is InChI=1S/C19H26N2O3/c1-12-4-3-5-13(2)18(12)19(24)20-15-8-16(9-15)21(11-17(22)23)10-14-6-7-14/h3-5,14-16H,6-11H2,1-2H3,(H,20,24)(H,22,23). The van der Waals surface area contributed by atoms with Crippen LogP contribution in [0.25, 0.3) is 0 Å². The number of carboxylic acids is 1. The lowest BCUT2D eigenvalue weighted by molar-refractivity contribution is -0.139. The van der Waals surface area contributed by atoms with E-state index in [1.54, 1.807) is 0 Å². The van der Waals surface area contributed by atoms with Crippen LogP contribution < -0.4 is 5.32 Å². The van der Waals surface area contributed by atoms with E-state index in [0.29, 0.717) is 5.92 Å². The van der Waals surface area contributed by atoms with Gasteiger partial charge in [-0.1, -0.05) is 18.2 Å². The van der Waals surface area contributed by atoms with Crippen LogP contribution in [0, 0.1) is 19.8 Å². The van der Waals surface area contributed by atoms with Crippen LogP contribution in [0.3, 0.4) is 0 Å². The molecule has 1 aromatic rings. The lowest BCUT2D eigenvalue weighted by atomic mass is 9.84. The quantitative estimate of drug-likeness (QED) is 0.805. The highest BCUT2D eigenvalue weighted by Gasteiger charge is 2.37. The minimum Gasteiger partial charge on any atom is -0.480 e. The van der Waals surface area contributed by atoms with Gasteiger partial charge in [-0.05, 0) is 56.6 Å². The predicted molar refractivity (Wildman–Crippen MR) is 92.1 cm³/mol. The average Bonchev–Trinajstić information content (AvgIpc) is 3.25. The molecule has 0 aliphatic heterocycles. The number of rotatable bonds is 7. The highest BCUT2D eigenvalue weighted by Crippen LogP contribution is 2.33. The molecule has 2 aliphatic rings. The van der Waals surface area contributed by atoms with Gasteiger partial charge < -0.3 is 10.4 Å². The fraction of sp³-hybridized carbons (Fsp3) is 0.579. The van der Waals surface area contributed by atoms with Gasteiger partial charge in [0.2, 0.25) is 0 Å². The van der Waals surface area contributed by atoms with Gasteiger partial charge in [-0.25, -0.2) is 0 Å². The van der Waals surface area contributed by atoms with Gasteiger partial charge in [0.15, 0.2) is 0 Å². The van der Waals surface area contributed by atoms with Crippen molar-refractivity contribution in [3.05, 3.63) is 34.9 Å². The number of hydrogen-bond donors (Lipinski definition) is 2. The molecule has 0 spiro atoms. The van der Waals surface area contributed by atoms with Crippen molar-refractivity contribution in [3.63, 3.8) is 0 Å². The molecule has 0 radical (unpaired) electrons.